The Hall–Kier alpha value is -0.200. The maximum absolute atomic E-state index is 12.5. The molecule has 6 heteroatoms. The Kier molecular flexibility index (Phi) is 5.42. The van der Waals surface area contributed by atoms with Crippen molar-refractivity contribution in [1.29, 1.82) is 0 Å². The van der Waals surface area contributed by atoms with E-state index in [4.69, 9.17) is 18.0 Å². The first-order valence-electron chi connectivity index (χ1n) is 7.75. The minimum absolute atomic E-state index is 0.233. The summed E-state index contributed by atoms with van der Waals surface area (Å²) >= 11 is 5.15. The molecule has 0 aromatic heterocycles. The van der Waals surface area contributed by atoms with Gasteiger partial charge in [0.15, 0.2) is 0 Å². The minimum atomic E-state index is -3.30. The van der Waals surface area contributed by atoms with Crippen LogP contribution in [0.5, 0.6) is 0 Å². The highest BCUT2D eigenvalue weighted by atomic mass is 32.2. The van der Waals surface area contributed by atoms with Gasteiger partial charge in [-0.15, -0.1) is 0 Å². The van der Waals surface area contributed by atoms with Crippen LogP contribution in [-0.4, -0.2) is 24.7 Å². The summed E-state index contributed by atoms with van der Waals surface area (Å²) < 4.78 is 27.8. The zero-order chi connectivity index (χ0) is 14.6. The number of nitrogens with two attached hydrogens (primary N) is 1. The fourth-order valence-electron chi connectivity index (χ4n) is 3.56. The van der Waals surface area contributed by atoms with E-state index in [1.54, 1.807) is 0 Å². The van der Waals surface area contributed by atoms with Crippen LogP contribution in [0.4, 0.5) is 0 Å². The van der Waals surface area contributed by atoms with E-state index in [-0.39, 0.29) is 5.75 Å². The van der Waals surface area contributed by atoms with E-state index in [0.29, 0.717) is 10.9 Å². The fourth-order valence-corrected chi connectivity index (χ4v) is 5.82. The van der Waals surface area contributed by atoms with E-state index >= 15 is 0 Å². The van der Waals surface area contributed by atoms with Crippen molar-refractivity contribution < 1.29 is 8.42 Å². The van der Waals surface area contributed by atoms with Gasteiger partial charge in [0.1, 0.15) is 0 Å². The van der Waals surface area contributed by atoms with Crippen molar-refractivity contribution in [3.8, 4) is 0 Å². The number of hydrogen-bond acceptors (Lipinski definition) is 3. The Bertz CT molecular complexity index is 436. The molecule has 2 fully saturated rings. The second-order valence-electron chi connectivity index (χ2n) is 6.39. The molecule has 0 heterocycles. The first-order valence-corrected chi connectivity index (χ1v) is 9.81. The predicted octanol–water partition coefficient (Wildman–Crippen LogP) is 2.48. The van der Waals surface area contributed by atoms with Gasteiger partial charge in [-0.05, 0) is 31.6 Å². The van der Waals surface area contributed by atoms with Crippen molar-refractivity contribution in [2.45, 2.75) is 69.7 Å². The third-order valence-electron chi connectivity index (χ3n) is 4.71. The lowest BCUT2D eigenvalue weighted by atomic mass is 9.82. The molecule has 116 valence electrons. The van der Waals surface area contributed by atoms with Gasteiger partial charge in [-0.3, -0.25) is 0 Å². The molecule has 0 spiro atoms. The Morgan fingerprint density at radius 3 is 2.20 bits per heavy atom. The Labute approximate surface area is 127 Å². The van der Waals surface area contributed by atoms with Crippen molar-refractivity contribution >= 4 is 27.2 Å². The summed E-state index contributed by atoms with van der Waals surface area (Å²) in [5.41, 5.74) is 5.18. The Balaban J connectivity index is 2.02. The van der Waals surface area contributed by atoms with Gasteiger partial charge in [0.25, 0.3) is 0 Å². The maximum atomic E-state index is 12.5. The minimum Gasteiger partial charge on any atom is -0.392 e. The van der Waals surface area contributed by atoms with Crippen LogP contribution in [0.1, 0.15) is 64.2 Å². The summed E-state index contributed by atoms with van der Waals surface area (Å²) in [6, 6.07) is 0. The lowest BCUT2D eigenvalue weighted by Gasteiger charge is -2.37. The molecule has 2 aliphatic rings. The third-order valence-corrected chi connectivity index (χ3v) is 6.71. The number of hydrogen-bond donors (Lipinski definition) is 2. The van der Waals surface area contributed by atoms with Crippen LogP contribution in [-0.2, 0) is 10.0 Å². The second kappa shape index (κ2) is 6.71. The van der Waals surface area contributed by atoms with Crippen molar-refractivity contribution in [1.82, 2.24) is 4.72 Å². The molecule has 0 aliphatic heterocycles. The maximum Gasteiger partial charge on any atom is 0.212 e. The van der Waals surface area contributed by atoms with Gasteiger partial charge in [-0.1, -0.05) is 50.7 Å². The van der Waals surface area contributed by atoms with Crippen LogP contribution < -0.4 is 10.5 Å². The molecular formula is C14H26N2O2S2. The van der Waals surface area contributed by atoms with Crippen LogP contribution in [0.15, 0.2) is 0 Å². The first-order chi connectivity index (χ1) is 9.44. The topological polar surface area (TPSA) is 72.2 Å². The summed E-state index contributed by atoms with van der Waals surface area (Å²) in [6.45, 7) is 0. The van der Waals surface area contributed by atoms with Crippen molar-refractivity contribution in [2.24, 2.45) is 11.7 Å². The Morgan fingerprint density at radius 1 is 1.10 bits per heavy atom. The van der Waals surface area contributed by atoms with Gasteiger partial charge < -0.3 is 5.73 Å². The molecule has 0 amide bonds. The van der Waals surface area contributed by atoms with Crippen molar-refractivity contribution in [3.63, 3.8) is 0 Å². The van der Waals surface area contributed by atoms with Crippen LogP contribution >= 0.6 is 12.2 Å². The lowest BCUT2D eigenvalue weighted by molar-refractivity contribution is 0.347. The highest BCUT2D eigenvalue weighted by Gasteiger charge is 2.39. The zero-order valence-corrected chi connectivity index (χ0v) is 13.7. The number of rotatable bonds is 5. The third kappa shape index (κ3) is 4.15. The van der Waals surface area contributed by atoms with E-state index in [1.165, 1.54) is 6.42 Å². The molecule has 2 rings (SSSR count). The number of nitrogens with one attached hydrogen (secondary N) is 1. The summed E-state index contributed by atoms with van der Waals surface area (Å²) in [5.74, 6) is 0.533. The smallest absolute Gasteiger partial charge is 0.212 e. The average Bonchev–Trinajstić information content (AvgIpc) is 2.39. The van der Waals surface area contributed by atoms with E-state index in [9.17, 15) is 8.42 Å². The summed E-state index contributed by atoms with van der Waals surface area (Å²) in [5, 5.41) is 0. The molecule has 2 aliphatic carbocycles. The number of thiocarbonyl (C=S) groups is 1. The zero-order valence-electron chi connectivity index (χ0n) is 12.1. The first kappa shape index (κ1) is 16.2. The average molecular weight is 319 g/mol. The Morgan fingerprint density at radius 2 is 1.65 bits per heavy atom. The van der Waals surface area contributed by atoms with E-state index in [0.717, 1.165) is 57.8 Å². The standard InChI is InChI=1S/C14H26N2O2S2/c15-13(19)14(9-5-2-6-10-14)16-20(17,18)11-12-7-3-1-4-8-12/h12,16H,1-11H2,(H2,15,19). The molecule has 0 saturated heterocycles. The fraction of sp³-hybridized carbons (Fsp3) is 0.929. The normalized spacial score (nSPS) is 24.4. The van der Waals surface area contributed by atoms with Crippen molar-refractivity contribution in [2.75, 3.05) is 5.75 Å². The van der Waals surface area contributed by atoms with Gasteiger partial charge >= 0.3 is 0 Å². The van der Waals surface area contributed by atoms with Crippen LogP contribution in [0.2, 0.25) is 0 Å². The van der Waals surface area contributed by atoms with E-state index < -0.39 is 15.6 Å². The van der Waals surface area contributed by atoms with Gasteiger partial charge in [0.2, 0.25) is 10.0 Å². The predicted molar refractivity (Wildman–Crippen MR) is 86.1 cm³/mol. The quantitative estimate of drug-likeness (QED) is 0.764. The SMILES string of the molecule is NC(=S)C1(NS(=O)(=O)CC2CCCCC2)CCCCC1. The summed E-state index contributed by atoms with van der Waals surface area (Å²) in [6.07, 6.45) is 10.2. The summed E-state index contributed by atoms with van der Waals surface area (Å²) in [7, 11) is -3.30. The monoisotopic (exact) mass is 318 g/mol. The highest BCUT2D eigenvalue weighted by molar-refractivity contribution is 7.89. The van der Waals surface area contributed by atoms with E-state index in [2.05, 4.69) is 4.72 Å². The van der Waals surface area contributed by atoms with Gasteiger partial charge in [-0.25, -0.2) is 13.1 Å². The molecule has 0 bridgehead atoms. The molecule has 2 saturated carbocycles. The van der Waals surface area contributed by atoms with Gasteiger partial charge in [-0.2, -0.15) is 0 Å². The molecule has 0 radical (unpaired) electrons. The highest BCUT2D eigenvalue weighted by Crippen LogP contribution is 2.30. The van der Waals surface area contributed by atoms with Crippen LogP contribution in [0, 0.1) is 5.92 Å². The molecular weight excluding hydrogens is 292 g/mol. The van der Waals surface area contributed by atoms with Crippen LogP contribution in [0.25, 0.3) is 0 Å². The molecule has 0 unspecified atom stereocenters. The van der Waals surface area contributed by atoms with E-state index in [1.807, 2.05) is 0 Å². The van der Waals surface area contributed by atoms with Crippen molar-refractivity contribution in [3.05, 3.63) is 0 Å². The number of sulfonamides is 1. The molecule has 0 atom stereocenters. The molecule has 4 nitrogen and oxygen atoms in total. The molecule has 20 heavy (non-hydrogen) atoms. The lowest BCUT2D eigenvalue weighted by Crippen LogP contribution is -2.58. The second-order valence-corrected chi connectivity index (χ2v) is 8.60. The van der Waals surface area contributed by atoms with Gasteiger partial charge in [0, 0.05) is 0 Å². The molecule has 0 aromatic rings. The molecule has 0 aromatic carbocycles. The largest absolute Gasteiger partial charge is 0.392 e. The van der Waals surface area contributed by atoms with Gasteiger partial charge in [0.05, 0.1) is 16.3 Å². The van der Waals surface area contributed by atoms with Crippen LogP contribution in [0.3, 0.4) is 0 Å². The summed E-state index contributed by atoms with van der Waals surface area (Å²) in [4.78, 5) is 0.310. The molecule has 3 N–H and O–H groups in total.